The number of rotatable bonds is 9. The highest BCUT2D eigenvalue weighted by atomic mass is 32.2. The molecule has 1 heterocycles. The minimum atomic E-state index is -0.338. The molecule has 1 saturated heterocycles. The fraction of sp³-hybridized carbons (Fsp3) is 0.643. The lowest BCUT2D eigenvalue weighted by Crippen LogP contribution is -2.45. The van der Waals surface area contributed by atoms with Crippen LogP contribution >= 0.6 is 11.8 Å². The topological polar surface area (TPSA) is 127 Å². The van der Waals surface area contributed by atoms with Crippen LogP contribution in [0.25, 0.3) is 0 Å². The molecule has 7 nitrogen and oxygen atoms in total. The van der Waals surface area contributed by atoms with Crippen LogP contribution in [0.4, 0.5) is 0 Å². The van der Waals surface area contributed by atoms with E-state index >= 15 is 0 Å². The Morgan fingerprint density at radius 1 is 1.45 bits per heavy atom. The van der Waals surface area contributed by atoms with Crippen molar-refractivity contribution in [2.75, 3.05) is 18.8 Å². The first-order valence-electron chi connectivity index (χ1n) is 7.31. The first kappa shape index (κ1) is 18.5. The van der Waals surface area contributed by atoms with Gasteiger partial charge in [-0.2, -0.15) is 0 Å². The first-order valence-corrected chi connectivity index (χ1v) is 8.29. The zero-order chi connectivity index (χ0) is 16.5. The van der Waals surface area contributed by atoms with E-state index in [1.807, 2.05) is 0 Å². The van der Waals surface area contributed by atoms with Crippen LogP contribution in [0.15, 0.2) is 12.3 Å². The van der Waals surface area contributed by atoms with E-state index in [1.54, 1.807) is 0 Å². The molecule has 0 aliphatic carbocycles. The van der Waals surface area contributed by atoms with E-state index in [-0.39, 0.29) is 43.3 Å². The van der Waals surface area contributed by atoms with E-state index in [0.717, 1.165) is 24.6 Å². The van der Waals surface area contributed by atoms with Crippen LogP contribution in [0.3, 0.4) is 0 Å². The van der Waals surface area contributed by atoms with Gasteiger partial charge in [-0.25, -0.2) is 0 Å². The highest BCUT2D eigenvalue weighted by Gasteiger charge is 2.29. The maximum atomic E-state index is 11.9. The van der Waals surface area contributed by atoms with Crippen molar-refractivity contribution in [3.63, 3.8) is 0 Å². The molecule has 1 aliphatic heterocycles. The maximum Gasteiger partial charge on any atom is 0.239 e. The van der Waals surface area contributed by atoms with Crippen molar-refractivity contribution in [2.45, 2.75) is 31.7 Å². The average molecular weight is 330 g/mol. The van der Waals surface area contributed by atoms with Gasteiger partial charge in [-0.05, 0) is 25.8 Å². The van der Waals surface area contributed by atoms with Crippen molar-refractivity contribution in [1.29, 1.82) is 0 Å². The molecule has 1 rings (SSSR count). The van der Waals surface area contributed by atoms with Crippen LogP contribution in [-0.2, 0) is 14.4 Å². The van der Waals surface area contributed by atoms with Crippen molar-refractivity contribution in [2.24, 2.45) is 17.4 Å². The van der Waals surface area contributed by atoms with Crippen molar-refractivity contribution >= 4 is 28.7 Å². The molecule has 0 aromatic heterocycles. The Labute approximate surface area is 136 Å². The van der Waals surface area contributed by atoms with E-state index in [2.05, 4.69) is 17.2 Å². The minimum absolute atomic E-state index is 0. The molecule has 0 radical (unpaired) electrons. The Morgan fingerprint density at radius 2 is 2.18 bits per heavy atom. The highest BCUT2D eigenvalue weighted by molar-refractivity contribution is 8.14. The standard InChI is InChI=1S/C14H24N4O3S.H2/c1-9(16)11(4-2-3-5-15)18-12(19)7-17-14(21)10-6-13(20)22-8-10;/h10-11H,1-8,15-16H2,(H,17,21)(H,18,19);1H/t10-,11+;/m1./s1. The summed E-state index contributed by atoms with van der Waals surface area (Å²) in [5.74, 6) is -0.447. The predicted molar refractivity (Wildman–Crippen MR) is 88.9 cm³/mol. The molecule has 2 atom stereocenters. The molecule has 8 heteroatoms. The fourth-order valence-electron chi connectivity index (χ4n) is 2.08. The Hall–Kier alpha value is -1.54. The highest BCUT2D eigenvalue weighted by Crippen LogP contribution is 2.25. The van der Waals surface area contributed by atoms with Gasteiger partial charge in [0, 0.05) is 19.3 Å². The molecule has 0 saturated carbocycles. The van der Waals surface area contributed by atoms with Gasteiger partial charge in [0.1, 0.15) is 0 Å². The molecule has 0 bridgehead atoms. The zero-order valence-corrected chi connectivity index (χ0v) is 13.4. The molecule has 6 N–H and O–H groups in total. The number of carbonyl (C=O) groups excluding carboxylic acids is 3. The molecular formula is C14H26N4O3S. The van der Waals surface area contributed by atoms with Gasteiger partial charge >= 0.3 is 0 Å². The number of nitrogens with one attached hydrogen (secondary N) is 2. The van der Waals surface area contributed by atoms with E-state index < -0.39 is 0 Å². The monoisotopic (exact) mass is 330 g/mol. The molecule has 126 valence electrons. The van der Waals surface area contributed by atoms with Gasteiger partial charge in [0.15, 0.2) is 5.12 Å². The second-order valence-electron chi connectivity index (χ2n) is 5.28. The number of thioether (sulfide) groups is 1. The summed E-state index contributed by atoms with van der Waals surface area (Å²) in [5.41, 5.74) is 11.5. The molecule has 0 spiro atoms. The first-order chi connectivity index (χ1) is 10.4. The van der Waals surface area contributed by atoms with Crippen molar-refractivity contribution in [3.05, 3.63) is 12.3 Å². The van der Waals surface area contributed by atoms with Crippen LogP contribution in [0, 0.1) is 5.92 Å². The molecule has 22 heavy (non-hydrogen) atoms. The molecule has 0 aromatic rings. The maximum absolute atomic E-state index is 11.9. The van der Waals surface area contributed by atoms with Crippen LogP contribution in [0.5, 0.6) is 0 Å². The van der Waals surface area contributed by atoms with E-state index in [4.69, 9.17) is 11.5 Å². The predicted octanol–water partition coefficient (Wildman–Crippen LogP) is -0.285. The summed E-state index contributed by atoms with van der Waals surface area (Å²) < 4.78 is 0. The van der Waals surface area contributed by atoms with Gasteiger partial charge < -0.3 is 22.1 Å². The third-order valence-corrected chi connectivity index (χ3v) is 4.44. The van der Waals surface area contributed by atoms with Gasteiger partial charge in [0.05, 0.1) is 18.5 Å². The van der Waals surface area contributed by atoms with E-state index in [0.29, 0.717) is 24.4 Å². The van der Waals surface area contributed by atoms with Crippen molar-refractivity contribution < 1.29 is 15.8 Å². The molecule has 1 fully saturated rings. The average Bonchev–Trinajstić information content (AvgIpc) is 2.90. The normalized spacial score (nSPS) is 18.8. The third kappa shape index (κ3) is 6.48. The van der Waals surface area contributed by atoms with Gasteiger partial charge in [-0.15, -0.1) is 0 Å². The van der Waals surface area contributed by atoms with E-state index in [9.17, 15) is 14.4 Å². The largest absolute Gasteiger partial charge is 0.401 e. The van der Waals surface area contributed by atoms with E-state index in [1.165, 1.54) is 0 Å². The zero-order valence-electron chi connectivity index (χ0n) is 12.6. The number of hydrogen-bond acceptors (Lipinski definition) is 6. The Morgan fingerprint density at radius 3 is 2.73 bits per heavy atom. The van der Waals surface area contributed by atoms with Crippen LogP contribution in [0.1, 0.15) is 27.1 Å². The Kier molecular flexibility index (Phi) is 7.97. The Balaban J connectivity index is 0.00000484. The van der Waals surface area contributed by atoms with Gasteiger partial charge in [0.25, 0.3) is 0 Å². The molecule has 0 unspecified atom stereocenters. The summed E-state index contributed by atoms with van der Waals surface area (Å²) in [6.45, 7) is 4.12. The summed E-state index contributed by atoms with van der Waals surface area (Å²) in [6, 6.07) is -0.320. The van der Waals surface area contributed by atoms with Gasteiger partial charge in [-0.1, -0.05) is 18.3 Å². The summed E-state index contributed by atoms with van der Waals surface area (Å²) in [5, 5.41) is 5.31. The molecule has 1 aliphatic rings. The second kappa shape index (κ2) is 9.47. The molecule has 2 amide bonds. The number of amides is 2. The number of nitrogens with two attached hydrogens (primary N) is 2. The molecular weight excluding hydrogens is 304 g/mol. The smallest absolute Gasteiger partial charge is 0.239 e. The minimum Gasteiger partial charge on any atom is -0.401 e. The van der Waals surface area contributed by atoms with Crippen LogP contribution in [0.2, 0.25) is 0 Å². The third-order valence-electron chi connectivity index (χ3n) is 3.38. The summed E-state index contributed by atoms with van der Waals surface area (Å²) in [6.07, 6.45) is 2.59. The number of unbranched alkanes of at least 4 members (excludes halogenated alkanes) is 1. The van der Waals surface area contributed by atoms with Gasteiger partial charge in [0.2, 0.25) is 11.8 Å². The summed E-state index contributed by atoms with van der Waals surface area (Å²) in [4.78, 5) is 34.8. The van der Waals surface area contributed by atoms with Crippen LogP contribution < -0.4 is 22.1 Å². The van der Waals surface area contributed by atoms with Crippen molar-refractivity contribution in [1.82, 2.24) is 10.6 Å². The lowest BCUT2D eigenvalue weighted by Gasteiger charge is -2.19. The summed E-state index contributed by atoms with van der Waals surface area (Å²) in [7, 11) is 0. The lowest BCUT2D eigenvalue weighted by atomic mass is 10.1. The summed E-state index contributed by atoms with van der Waals surface area (Å²) >= 11 is 1.16. The van der Waals surface area contributed by atoms with Gasteiger partial charge in [-0.3, -0.25) is 14.4 Å². The number of hydrogen-bond donors (Lipinski definition) is 4. The van der Waals surface area contributed by atoms with Crippen LogP contribution in [-0.4, -0.2) is 41.8 Å². The second-order valence-corrected chi connectivity index (χ2v) is 6.36. The lowest BCUT2D eigenvalue weighted by molar-refractivity contribution is -0.129. The Bertz CT molecular complexity index is 448. The quantitative estimate of drug-likeness (QED) is 0.430. The SMILES string of the molecule is C=C(N)[C@H](CCCCN)NC(=O)CNC(=O)[C@H]1CSC(=O)C1.[HH]. The molecule has 0 aromatic carbocycles. The number of carbonyl (C=O) groups is 3. The fourth-order valence-corrected chi connectivity index (χ4v) is 3.06. The van der Waals surface area contributed by atoms with Crippen molar-refractivity contribution in [3.8, 4) is 0 Å².